The van der Waals surface area contributed by atoms with Crippen LogP contribution in [-0.2, 0) is 6.54 Å². The molecule has 0 aliphatic rings. The summed E-state index contributed by atoms with van der Waals surface area (Å²) in [5.41, 5.74) is 3.28. The van der Waals surface area contributed by atoms with Crippen molar-refractivity contribution in [3.63, 3.8) is 0 Å². The van der Waals surface area contributed by atoms with Gasteiger partial charge in [-0.1, -0.05) is 24.3 Å². The van der Waals surface area contributed by atoms with Gasteiger partial charge in [0.15, 0.2) is 0 Å². The average molecular weight is 269 g/mol. The lowest BCUT2D eigenvalue weighted by atomic mass is 10.3. The van der Waals surface area contributed by atoms with Crippen LogP contribution < -0.4 is 5.32 Å². The van der Waals surface area contributed by atoms with E-state index >= 15 is 0 Å². The molecule has 3 nitrogen and oxygen atoms in total. The second kappa shape index (κ2) is 5.28. The molecular weight excluding hydrogens is 254 g/mol. The fraction of sp³-hybridized carbons (Fsp3) is 0.133. The van der Waals surface area contributed by atoms with Gasteiger partial charge in [0.25, 0.3) is 0 Å². The molecule has 2 N–H and O–H groups in total. The maximum Gasteiger partial charge on any atom is 0.126 e. The highest BCUT2D eigenvalue weighted by Crippen LogP contribution is 2.25. The summed E-state index contributed by atoms with van der Waals surface area (Å²) < 4.78 is 0. The standard InChI is InChI=1S/C15H15N3S/c1-11-15(13-8-5-9-19-13)18-14(17-11)10-16-12-6-3-2-4-7-12/h2-9,16H,10H2,1H3,(H,17,18). The van der Waals surface area contributed by atoms with E-state index in [0.717, 1.165) is 22.9 Å². The number of aromatic amines is 1. The summed E-state index contributed by atoms with van der Waals surface area (Å²) in [4.78, 5) is 9.20. The first-order chi connectivity index (χ1) is 9.33. The Hall–Kier alpha value is -2.07. The Morgan fingerprint density at radius 1 is 1.16 bits per heavy atom. The number of hydrogen-bond acceptors (Lipinski definition) is 3. The number of aromatic nitrogens is 2. The number of benzene rings is 1. The Kier molecular flexibility index (Phi) is 3.33. The lowest BCUT2D eigenvalue weighted by molar-refractivity contribution is 0.993. The molecule has 0 aliphatic heterocycles. The van der Waals surface area contributed by atoms with Crippen molar-refractivity contribution in [1.29, 1.82) is 0 Å². The third-order valence-electron chi connectivity index (χ3n) is 2.92. The Morgan fingerprint density at radius 2 is 2.00 bits per heavy atom. The third-order valence-corrected chi connectivity index (χ3v) is 3.80. The Morgan fingerprint density at radius 3 is 2.74 bits per heavy atom. The van der Waals surface area contributed by atoms with E-state index in [1.165, 1.54) is 4.88 Å². The van der Waals surface area contributed by atoms with Crippen LogP contribution in [0.3, 0.4) is 0 Å². The van der Waals surface area contributed by atoms with E-state index in [4.69, 9.17) is 0 Å². The predicted octanol–water partition coefficient (Wildman–Crippen LogP) is 4.06. The van der Waals surface area contributed by atoms with E-state index in [-0.39, 0.29) is 0 Å². The molecule has 0 bridgehead atoms. The van der Waals surface area contributed by atoms with Crippen molar-refractivity contribution in [3.8, 4) is 10.6 Å². The number of rotatable bonds is 4. The Bertz CT molecular complexity index is 641. The Balaban J connectivity index is 1.75. The largest absolute Gasteiger partial charge is 0.378 e. The van der Waals surface area contributed by atoms with Crippen LogP contribution in [0.15, 0.2) is 47.8 Å². The second-order valence-electron chi connectivity index (χ2n) is 4.35. The van der Waals surface area contributed by atoms with E-state index in [1.54, 1.807) is 11.3 Å². The first-order valence-corrected chi connectivity index (χ1v) is 7.09. The molecule has 3 rings (SSSR count). The summed E-state index contributed by atoms with van der Waals surface area (Å²) in [6, 6.07) is 14.3. The van der Waals surface area contributed by atoms with Gasteiger partial charge in [0.2, 0.25) is 0 Å². The van der Waals surface area contributed by atoms with Gasteiger partial charge in [0, 0.05) is 11.4 Å². The van der Waals surface area contributed by atoms with Gasteiger partial charge in [-0.05, 0) is 30.5 Å². The molecule has 0 aliphatic carbocycles. The van der Waals surface area contributed by atoms with Crippen molar-refractivity contribution in [2.75, 3.05) is 5.32 Å². The molecule has 0 amide bonds. The quantitative estimate of drug-likeness (QED) is 0.750. The molecular formula is C15H15N3S. The van der Waals surface area contributed by atoms with Crippen LogP contribution in [0.25, 0.3) is 10.6 Å². The molecule has 4 heteroatoms. The summed E-state index contributed by atoms with van der Waals surface area (Å²) in [6.07, 6.45) is 0. The monoisotopic (exact) mass is 269 g/mol. The predicted molar refractivity (Wildman–Crippen MR) is 80.4 cm³/mol. The van der Waals surface area contributed by atoms with Crippen molar-refractivity contribution >= 4 is 17.0 Å². The van der Waals surface area contributed by atoms with Gasteiger partial charge in [0.1, 0.15) is 11.5 Å². The van der Waals surface area contributed by atoms with Crippen LogP contribution in [-0.4, -0.2) is 9.97 Å². The molecule has 19 heavy (non-hydrogen) atoms. The molecule has 0 atom stereocenters. The topological polar surface area (TPSA) is 40.7 Å². The van der Waals surface area contributed by atoms with Gasteiger partial charge < -0.3 is 10.3 Å². The number of thiophene rings is 1. The minimum absolute atomic E-state index is 0.705. The highest BCUT2D eigenvalue weighted by atomic mass is 32.1. The molecule has 2 aromatic heterocycles. The van der Waals surface area contributed by atoms with Crippen LogP contribution >= 0.6 is 11.3 Å². The van der Waals surface area contributed by atoms with E-state index < -0.39 is 0 Å². The van der Waals surface area contributed by atoms with E-state index in [1.807, 2.05) is 18.2 Å². The van der Waals surface area contributed by atoms with E-state index in [0.29, 0.717) is 6.54 Å². The molecule has 3 aromatic rings. The zero-order valence-electron chi connectivity index (χ0n) is 10.7. The van der Waals surface area contributed by atoms with Crippen LogP contribution in [0.1, 0.15) is 11.5 Å². The molecule has 0 unspecified atom stereocenters. The van der Waals surface area contributed by atoms with Crippen molar-refractivity contribution in [2.24, 2.45) is 0 Å². The minimum Gasteiger partial charge on any atom is -0.378 e. The highest BCUT2D eigenvalue weighted by molar-refractivity contribution is 7.13. The fourth-order valence-electron chi connectivity index (χ4n) is 2.00. The molecule has 0 fully saturated rings. The minimum atomic E-state index is 0.705. The normalized spacial score (nSPS) is 10.6. The van der Waals surface area contributed by atoms with Gasteiger partial charge in [0.05, 0.1) is 11.4 Å². The number of nitrogens with zero attached hydrogens (tertiary/aromatic N) is 1. The number of anilines is 1. The first kappa shape index (κ1) is 12.0. The van der Waals surface area contributed by atoms with Crippen molar-refractivity contribution in [2.45, 2.75) is 13.5 Å². The van der Waals surface area contributed by atoms with Gasteiger partial charge in [-0.2, -0.15) is 0 Å². The first-order valence-electron chi connectivity index (χ1n) is 6.21. The molecule has 0 saturated carbocycles. The van der Waals surface area contributed by atoms with Crippen molar-refractivity contribution in [3.05, 3.63) is 59.4 Å². The van der Waals surface area contributed by atoms with Gasteiger partial charge in [-0.3, -0.25) is 0 Å². The van der Waals surface area contributed by atoms with Crippen LogP contribution in [0.5, 0.6) is 0 Å². The number of imidazole rings is 1. The SMILES string of the molecule is Cc1[nH]c(CNc2ccccc2)nc1-c1cccs1. The Labute approximate surface area is 116 Å². The zero-order valence-corrected chi connectivity index (χ0v) is 11.5. The number of nitrogens with one attached hydrogen (secondary N) is 2. The second-order valence-corrected chi connectivity index (χ2v) is 5.30. The van der Waals surface area contributed by atoms with Crippen LogP contribution in [0.4, 0.5) is 5.69 Å². The summed E-state index contributed by atoms with van der Waals surface area (Å²) in [5, 5.41) is 5.43. The maximum atomic E-state index is 4.66. The summed E-state index contributed by atoms with van der Waals surface area (Å²) in [5.74, 6) is 0.963. The molecule has 96 valence electrons. The average Bonchev–Trinajstić information content (AvgIpc) is 3.07. The maximum absolute atomic E-state index is 4.66. The van der Waals surface area contributed by atoms with E-state index in [2.05, 4.69) is 51.9 Å². The summed E-state index contributed by atoms with van der Waals surface area (Å²) in [6.45, 7) is 2.77. The lowest BCUT2D eigenvalue weighted by Gasteiger charge is -2.02. The fourth-order valence-corrected chi connectivity index (χ4v) is 2.77. The van der Waals surface area contributed by atoms with E-state index in [9.17, 15) is 0 Å². The number of H-pyrrole nitrogens is 1. The molecule has 0 spiro atoms. The highest BCUT2D eigenvalue weighted by Gasteiger charge is 2.09. The molecule has 1 aromatic carbocycles. The molecule has 2 heterocycles. The lowest BCUT2D eigenvalue weighted by Crippen LogP contribution is -2.00. The smallest absolute Gasteiger partial charge is 0.126 e. The number of aryl methyl sites for hydroxylation is 1. The van der Waals surface area contributed by atoms with Gasteiger partial charge in [-0.15, -0.1) is 11.3 Å². The van der Waals surface area contributed by atoms with Gasteiger partial charge >= 0.3 is 0 Å². The summed E-state index contributed by atoms with van der Waals surface area (Å²) in [7, 11) is 0. The summed E-state index contributed by atoms with van der Waals surface area (Å²) >= 11 is 1.72. The number of hydrogen-bond donors (Lipinski definition) is 2. The number of para-hydroxylation sites is 1. The third kappa shape index (κ3) is 2.69. The van der Waals surface area contributed by atoms with Crippen LogP contribution in [0, 0.1) is 6.92 Å². The molecule has 0 radical (unpaired) electrons. The molecule has 0 saturated heterocycles. The van der Waals surface area contributed by atoms with Crippen molar-refractivity contribution < 1.29 is 0 Å². The van der Waals surface area contributed by atoms with Crippen molar-refractivity contribution in [1.82, 2.24) is 9.97 Å². The van der Waals surface area contributed by atoms with Crippen LogP contribution in [0.2, 0.25) is 0 Å². The zero-order chi connectivity index (χ0) is 13.1. The van der Waals surface area contributed by atoms with Gasteiger partial charge in [-0.25, -0.2) is 4.98 Å².